The van der Waals surface area contributed by atoms with E-state index in [0.29, 0.717) is 17.9 Å². The lowest BCUT2D eigenvalue weighted by Gasteiger charge is -2.26. The number of furan rings is 1. The van der Waals surface area contributed by atoms with Gasteiger partial charge in [0.1, 0.15) is 11.3 Å². The maximum Gasteiger partial charge on any atom is 0.254 e. The zero-order valence-electron chi connectivity index (χ0n) is 16.8. The van der Waals surface area contributed by atoms with Crippen LogP contribution in [0.1, 0.15) is 36.0 Å². The van der Waals surface area contributed by atoms with E-state index in [1.165, 1.54) is 19.2 Å². The minimum absolute atomic E-state index is 0.0963. The zero-order chi connectivity index (χ0) is 21.0. The van der Waals surface area contributed by atoms with Crippen LogP contribution in [0.2, 0.25) is 0 Å². The van der Waals surface area contributed by atoms with Crippen molar-refractivity contribution in [3.8, 4) is 0 Å². The number of amides is 1. The number of nitrogens with zero attached hydrogens (tertiary/aromatic N) is 1. The van der Waals surface area contributed by atoms with Crippen LogP contribution in [0.15, 0.2) is 63.9 Å². The fraction of sp³-hybridized carbons (Fsp3) is 0.318. The minimum atomic E-state index is -3.43. The van der Waals surface area contributed by atoms with Crippen LogP contribution in [-0.4, -0.2) is 45.2 Å². The number of benzene rings is 2. The summed E-state index contributed by atoms with van der Waals surface area (Å²) < 4.78 is 35.3. The molecule has 0 saturated heterocycles. The van der Waals surface area contributed by atoms with Gasteiger partial charge >= 0.3 is 0 Å². The molecule has 1 atom stereocenters. The largest absolute Gasteiger partial charge is 0.459 e. The van der Waals surface area contributed by atoms with Gasteiger partial charge in [0.05, 0.1) is 23.3 Å². The fourth-order valence-corrected chi connectivity index (χ4v) is 4.41. The van der Waals surface area contributed by atoms with Crippen molar-refractivity contribution in [2.45, 2.75) is 24.8 Å². The number of para-hydroxylation sites is 1. The van der Waals surface area contributed by atoms with Crippen LogP contribution in [0.25, 0.3) is 11.0 Å². The summed E-state index contributed by atoms with van der Waals surface area (Å²) in [4.78, 5) is 14.9. The predicted molar refractivity (Wildman–Crippen MR) is 112 cm³/mol. The monoisotopic (exact) mass is 415 g/mol. The van der Waals surface area contributed by atoms with Gasteiger partial charge in [-0.15, -0.1) is 0 Å². The molecule has 1 heterocycles. The van der Waals surface area contributed by atoms with Crippen LogP contribution in [0.3, 0.4) is 0 Å². The molecule has 0 spiro atoms. The number of hydrogen-bond donors (Lipinski definition) is 0. The number of carbonyl (C=O) groups is 1. The first-order valence-electron chi connectivity index (χ1n) is 9.48. The van der Waals surface area contributed by atoms with E-state index in [-0.39, 0.29) is 29.2 Å². The minimum Gasteiger partial charge on any atom is -0.459 e. The molecule has 3 aromatic rings. The summed E-state index contributed by atoms with van der Waals surface area (Å²) in [6.45, 7) is 4.44. The van der Waals surface area contributed by atoms with Crippen molar-refractivity contribution in [2.75, 3.05) is 26.0 Å². The van der Waals surface area contributed by atoms with Gasteiger partial charge in [-0.2, -0.15) is 0 Å². The van der Waals surface area contributed by atoms with Crippen LogP contribution in [0.4, 0.5) is 0 Å². The van der Waals surface area contributed by atoms with Gasteiger partial charge in [0.25, 0.3) is 5.91 Å². The highest BCUT2D eigenvalue weighted by molar-refractivity contribution is 7.91. The standard InChI is InChI=1S/C22H25NO5S/c1-4-23(16(2)21-15-18-7-5-6-8-20(18)28-21)22(24)17-9-11-19(12-10-17)29(25,26)14-13-27-3/h5-12,15-16H,4,13-14H2,1-3H3. The van der Waals surface area contributed by atoms with Gasteiger partial charge in [-0.25, -0.2) is 8.42 Å². The molecule has 0 fully saturated rings. The molecule has 0 radical (unpaired) electrons. The molecule has 1 unspecified atom stereocenters. The highest BCUT2D eigenvalue weighted by Crippen LogP contribution is 2.28. The lowest BCUT2D eigenvalue weighted by Crippen LogP contribution is -2.33. The van der Waals surface area contributed by atoms with Gasteiger partial charge in [-0.3, -0.25) is 4.79 Å². The van der Waals surface area contributed by atoms with Gasteiger partial charge in [-0.1, -0.05) is 18.2 Å². The van der Waals surface area contributed by atoms with E-state index >= 15 is 0 Å². The Morgan fingerprint density at radius 2 is 1.83 bits per heavy atom. The third-order valence-electron chi connectivity index (χ3n) is 4.94. The molecule has 6 nitrogen and oxygen atoms in total. The molecule has 0 saturated carbocycles. The van der Waals surface area contributed by atoms with Crippen molar-refractivity contribution >= 4 is 26.7 Å². The molecule has 0 aliphatic rings. The van der Waals surface area contributed by atoms with Crippen molar-refractivity contribution in [1.82, 2.24) is 4.90 Å². The van der Waals surface area contributed by atoms with E-state index in [0.717, 1.165) is 11.0 Å². The quantitative estimate of drug-likeness (QED) is 0.554. The molecule has 0 N–H and O–H groups in total. The summed E-state index contributed by atoms with van der Waals surface area (Å²) >= 11 is 0. The summed E-state index contributed by atoms with van der Waals surface area (Å²) in [5.74, 6) is 0.433. The van der Waals surface area contributed by atoms with Crippen LogP contribution < -0.4 is 0 Å². The van der Waals surface area contributed by atoms with E-state index in [1.54, 1.807) is 17.0 Å². The van der Waals surface area contributed by atoms with Crippen molar-refractivity contribution in [2.24, 2.45) is 0 Å². The topological polar surface area (TPSA) is 76.8 Å². The Labute approximate surface area is 171 Å². The van der Waals surface area contributed by atoms with E-state index in [1.807, 2.05) is 44.2 Å². The van der Waals surface area contributed by atoms with E-state index in [9.17, 15) is 13.2 Å². The van der Waals surface area contributed by atoms with E-state index in [2.05, 4.69) is 0 Å². The molecule has 0 aliphatic carbocycles. The molecule has 29 heavy (non-hydrogen) atoms. The van der Waals surface area contributed by atoms with Gasteiger partial charge in [-0.05, 0) is 50.2 Å². The Kier molecular flexibility index (Phi) is 6.39. The molecule has 0 bridgehead atoms. The number of sulfone groups is 1. The predicted octanol–water partition coefficient (Wildman–Crippen LogP) is 4.08. The second-order valence-electron chi connectivity index (χ2n) is 6.79. The fourth-order valence-electron chi connectivity index (χ4n) is 3.24. The van der Waals surface area contributed by atoms with Crippen molar-refractivity contribution < 1.29 is 22.4 Å². The summed E-state index contributed by atoms with van der Waals surface area (Å²) in [5.41, 5.74) is 1.21. The van der Waals surface area contributed by atoms with Crippen LogP contribution in [0.5, 0.6) is 0 Å². The van der Waals surface area contributed by atoms with E-state index < -0.39 is 9.84 Å². The molecule has 154 valence electrons. The second kappa shape index (κ2) is 8.80. The summed E-state index contributed by atoms with van der Waals surface area (Å²) in [5, 5.41) is 0.989. The highest BCUT2D eigenvalue weighted by Gasteiger charge is 2.24. The average molecular weight is 416 g/mol. The Hall–Kier alpha value is -2.64. The molecular formula is C22H25NO5S. The number of ether oxygens (including phenoxy) is 1. The second-order valence-corrected chi connectivity index (χ2v) is 8.90. The smallest absolute Gasteiger partial charge is 0.254 e. The third-order valence-corrected chi connectivity index (χ3v) is 6.64. The van der Waals surface area contributed by atoms with Gasteiger partial charge in [0, 0.05) is 24.6 Å². The molecule has 2 aromatic carbocycles. The van der Waals surface area contributed by atoms with Gasteiger partial charge in [0.15, 0.2) is 9.84 Å². The first-order chi connectivity index (χ1) is 13.9. The Morgan fingerprint density at radius 1 is 1.14 bits per heavy atom. The molecule has 7 heteroatoms. The Bertz CT molecular complexity index is 1050. The number of hydrogen-bond acceptors (Lipinski definition) is 5. The summed E-state index contributed by atoms with van der Waals surface area (Å²) in [7, 11) is -1.97. The third kappa shape index (κ3) is 4.52. The highest BCUT2D eigenvalue weighted by atomic mass is 32.2. The van der Waals surface area contributed by atoms with Crippen molar-refractivity contribution in [3.05, 3.63) is 65.9 Å². The van der Waals surface area contributed by atoms with E-state index in [4.69, 9.17) is 9.15 Å². The van der Waals surface area contributed by atoms with Crippen molar-refractivity contribution in [3.63, 3.8) is 0 Å². The maximum absolute atomic E-state index is 13.1. The number of fused-ring (bicyclic) bond motifs is 1. The molecule has 1 aromatic heterocycles. The number of methoxy groups -OCH3 is 1. The lowest BCUT2D eigenvalue weighted by atomic mass is 10.1. The Balaban J connectivity index is 1.81. The zero-order valence-corrected chi connectivity index (χ0v) is 17.6. The first-order valence-corrected chi connectivity index (χ1v) is 11.1. The normalized spacial score (nSPS) is 12.8. The Morgan fingerprint density at radius 3 is 2.45 bits per heavy atom. The van der Waals surface area contributed by atoms with Gasteiger partial charge < -0.3 is 14.1 Å². The van der Waals surface area contributed by atoms with Gasteiger partial charge in [0.2, 0.25) is 0 Å². The summed E-state index contributed by atoms with van der Waals surface area (Å²) in [6, 6.07) is 15.4. The molecule has 0 aliphatic heterocycles. The SMILES string of the molecule is CCN(C(=O)c1ccc(S(=O)(=O)CCOC)cc1)C(C)c1cc2ccccc2o1. The van der Waals surface area contributed by atoms with Crippen LogP contribution in [0, 0.1) is 0 Å². The van der Waals surface area contributed by atoms with Crippen LogP contribution in [-0.2, 0) is 14.6 Å². The lowest BCUT2D eigenvalue weighted by molar-refractivity contribution is 0.0684. The molecule has 3 rings (SSSR count). The molecule has 1 amide bonds. The van der Waals surface area contributed by atoms with Crippen LogP contribution >= 0.6 is 0 Å². The summed E-state index contributed by atoms with van der Waals surface area (Å²) in [6.07, 6.45) is 0. The van der Waals surface area contributed by atoms with Crippen molar-refractivity contribution in [1.29, 1.82) is 0 Å². The first kappa shape index (κ1) is 21.1. The molecular weight excluding hydrogens is 390 g/mol. The number of carbonyl (C=O) groups excluding carboxylic acids is 1. The number of rotatable bonds is 8. The average Bonchev–Trinajstić information content (AvgIpc) is 3.17. The maximum atomic E-state index is 13.1.